The van der Waals surface area contributed by atoms with Gasteiger partial charge >= 0.3 is 0 Å². The number of nitrogens with zero attached hydrogens (tertiary/aromatic N) is 1. The molecular weight excluding hydrogens is 423 g/mol. The van der Waals surface area contributed by atoms with Crippen LogP contribution in [0.5, 0.6) is 5.75 Å². The van der Waals surface area contributed by atoms with Gasteiger partial charge in [-0.1, -0.05) is 24.3 Å². The van der Waals surface area contributed by atoms with E-state index in [-0.39, 0.29) is 11.7 Å². The summed E-state index contributed by atoms with van der Waals surface area (Å²) in [6.07, 6.45) is 3.01. The molecule has 0 bridgehead atoms. The van der Waals surface area contributed by atoms with Crippen LogP contribution in [0.3, 0.4) is 0 Å². The number of rotatable bonds is 9. The van der Waals surface area contributed by atoms with Crippen molar-refractivity contribution < 1.29 is 23.4 Å². The molecule has 2 aliphatic heterocycles. The number of nitrogens with one attached hydrogen (secondary N) is 1. The van der Waals surface area contributed by atoms with Crippen molar-refractivity contribution in [2.75, 3.05) is 53.1 Å². The maximum Gasteiger partial charge on any atom is 0.252 e. The number of amides is 1. The first-order chi connectivity index (χ1) is 16.1. The predicted octanol–water partition coefficient (Wildman–Crippen LogP) is 3.43. The molecule has 4 rings (SSSR count). The SMILES string of the molecule is COc1ccc(F)cc1-c1ccc(CC2(C(=O)NCCCN3CCOCC3)CCCO2)cc1. The Bertz CT molecular complexity index is 922. The van der Waals surface area contributed by atoms with Crippen LogP contribution in [-0.2, 0) is 20.7 Å². The monoisotopic (exact) mass is 456 g/mol. The largest absolute Gasteiger partial charge is 0.496 e. The second-order valence-corrected chi connectivity index (χ2v) is 8.73. The number of carbonyl (C=O) groups excluding carboxylic acids is 1. The predicted molar refractivity (Wildman–Crippen MR) is 125 cm³/mol. The third-order valence-electron chi connectivity index (χ3n) is 6.47. The Labute approximate surface area is 195 Å². The number of carbonyl (C=O) groups is 1. The average Bonchev–Trinajstić information content (AvgIpc) is 3.32. The van der Waals surface area contributed by atoms with Crippen molar-refractivity contribution in [3.05, 3.63) is 53.8 Å². The first-order valence-electron chi connectivity index (χ1n) is 11.7. The second-order valence-electron chi connectivity index (χ2n) is 8.73. The van der Waals surface area contributed by atoms with Gasteiger partial charge < -0.3 is 19.5 Å². The maximum atomic E-state index is 13.8. The first kappa shape index (κ1) is 23.7. The van der Waals surface area contributed by atoms with Crippen LogP contribution in [0.25, 0.3) is 11.1 Å². The Kier molecular flexibility index (Phi) is 7.96. The zero-order valence-electron chi connectivity index (χ0n) is 19.3. The summed E-state index contributed by atoms with van der Waals surface area (Å²) in [5, 5.41) is 3.10. The van der Waals surface area contributed by atoms with Gasteiger partial charge in [0.15, 0.2) is 5.60 Å². The van der Waals surface area contributed by atoms with Crippen LogP contribution >= 0.6 is 0 Å². The third-order valence-corrected chi connectivity index (χ3v) is 6.47. The highest BCUT2D eigenvalue weighted by atomic mass is 19.1. The van der Waals surface area contributed by atoms with Gasteiger partial charge in [-0.2, -0.15) is 0 Å². The lowest BCUT2D eigenvalue weighted by Gasteiger charge is -2.28. The standard InChI is InChI=1S/C26H33FN2O4/c1-31-24-9-8-22(27)18-23(24)21-6-4-20(5-7-21)19-26(10-2-15-33-26)25(30)28-11-3-12-29-13-16-32-17-14-29/h4-9,18H,2-3,10-17,19H2,1H3,(H,28,30). The van der Waals surface area contributed by atoms with Crippen molar-refractivity contribution in [1.82, 2.24) is 10.2 Å². The minimum absolute atomic E-state index is 0.0298. The fraction of sp³-hybridized carbons (Fsp3) is 0.500. The summed E-state index contributed by atoms with van der Waals surface area (Å²) in [5.74, 6) is 0.285. The lowest BCUT2D eigenvalue weighted by atomic mass is 9.89. The van der Waals surface area contributed by atoms with Crippen LogP contribution < -0.4 is 10.1 Å². The van der Waals surface area contributed by atoms with E-state index in [9.17, 15) is 9.18 Å². The molecule has 0 radical (unpaired) electrons. The van der Waals surface area contributed by atoms with Gasteiger partial charge in [-0.15, -0.1) is 0 Å². The molecule has 2 aromatic carbocycles. The van der Waals surface area contributed by atoms with Crippen LogP contribution in [-0.4, -0.2) is 69.5 Å². The van der Waals surface area contributed by atoms with Crippen LogP contribution in [0.4, 0.5) is 4.39 Å². The topological polar surface area (TPSA) is 60.0 Å². The summed E-state index contributed by atoms with van der Waals surface area (Å²) in [4.78, 5) is 15.5. The quantitative estimate of drug-likeness (QED) is 0.586. The molecule has 7 heteroatoms. The van der Waals surface area contributed by atoms with E-state index in [0.29, 0.717) is 37.3 Å². The van der Waals surface area contributed by atoms with Crippen LogP contribution in [0.15, 0.2) is 42.5 Å². The smallest absolute Gasteiger partial charge is 0.252 e. The fourth-order valence-electron chi connectivity index (χ4n) is 4.62. The van der Waals surface area contributed by atoms with Gasteiger partial charge in [0.1, 0.15) is 11.6 Å². The second kappa shape index (κ2) is 11.1. The highest BCUT2D eigenvalue weighted by Gasteiger charge is 2.42. The van der Waals surface area contributed by atoms with E-state index >= 15 is 0 Å². The Morgan fingerprint density at radius 1 is 1.15 bits per heavy atom. The molecule has 0 aliphatic carbocycles. The summed E-state index contributed by atoms with van der Waals surface area (Å²) >= 11 is 0. The Morgan fingerprint density at radius 2 is 1.94 bits per heavy atom. The molecule has 0 spiro atoms. The van der Waals surface area contributed by atoms with Gasteiger partial charge in [0.25, 0.3) is 5.91 Å². The molecular formula is C26H33FN2O4. The molecule has 0 saturated carbocycles. The van der Waals surface area contributed by atoms with Gasteiger partial charge in [0, 0.05) is 38.2 Å². The van der Waals surface area contributed by atoms with E-state index in [1.54, 1.807) is 13.2 Å². The molecule has 1 N–H and O–H groups in total. The van der Waals surface area contributed by atoms with E-state index in [1.807, 2.05) is 24.3 Å². The Morgan fingerprint density at radius 3 is 2.64 bits per heavy atom. The number of methoxy groups -OCH3 is 1. The highest BCUT2D eigenvalue weighted by Crippen LogP contribution is 2.33. The molecule has 2 heterocycles. The lowest BCUT2D eigenvalue weighted by Crippen LogP contribution is -2.48. The van der Waals surface area contributed by atoms with Gasteiger partial charge in [-0.25, -0.2) is 4.39 Å². The molecule has 2 aromatic rings. The maximum absolute atomic E-state index is 13.8. The molecule has 2 aliphatic rings. The number of morpholine rings is 1. The Hall–Kier alpha value is -2.48. The van der Waals surface area contributed by atoms with Crippen LogP contribution in [0.2, 0.25) is 0 Å². The van der Waals surface area contributed by atoms with Gasteiger partial charge in [0.05, 0.1) is 20.3 Å². The highest BCUT2D eigenvalue weighted by molar-refractivity contribution is 5.86. The van der Waals surface area contributed by atoms with Crippen molar-refractivity contribution in [2.24, 2.45) is 0 Å². The number of hydrogen-bond donors (Lipinski definition) is 1. The van der Waals surface area contributed by atoms with E-state index in [1.165, 1.54) is 12.1 Å². The normalized spacial score (nSPS) is 21.2. The Balaban J connectivity index is 1.37. The molecule has 0 aromatic heterocycles. The van der Waals surface area contributed by atoms with Crippen molar-refractivity contribution in [3.8, 4) is 16.9 Å². The molecule has 1 atom stereocenters. The number of halogens is 1. The number of benzene rings is 2. The average molecular weight is 457 g/mol. The van der Waals surface area contributed by atoms with E-state index in [4.69, 9.17) is 14.2 Å². The van der Waals surface area contributed by atoms with Crippen molar-refractivity contribution in [3.63, 3.8) is 0 Å². The molecule has 33 heavy (non-hydrogen) atoms. The van der Waals surface area contributed by atoms with Crippen molar-refractivity contribution >= 4 is 5.91 Å². The molecule has 6 nitrogen and oxygen atoms in total. The van der Waals surface area contributed by atoms with Crippen LogP contribution in [0.1, 0.15) is 24.8 Å². The molecule has 1 unspecified atom stereocenters. The summed E-state index contributed by atoms with van der Waals surface area (Å²) < 4.78 is 30.5. The van der Waals surface area contributed by atoms with Crippen LogP contribution in [0, 0.1) is 5.82 Å². The molecule has 2 saturated heterocycles. The minimum Gasteiger partial charge on any atom is -0.496 e. The molecule has 1 amide bonds. The van der Waals surface area contributed by atoms with Crippen molar-refractivity contribution in [1.29, 1.82) is 0 Å². The summed E-state index contributed by atoms with van der Waals surface area (Å²) in [7, 11) is 1.58. The summed E-state index contributed by atoms with van der Waals surface area (Å²) in [6.45, 7) is 5.68. The number of hydrogen-bond acceptors (Lipinski definition) is 5. The minimum atomic E-state index is -0.822. The van der Waals surface area contributed by atoms with Crippen molar-refractivity contribution in [2.45, 2.75) is 31.3 Å². The zero-order valence-corrected chi connectivity index (χ0v) is 19.3. The first-order valence-corrected chi connectivity index (χ1v) is 11.7. The zero-order chi connectivity index (χ0) is 23.1. The summed E-state index contributed by atoms with van der Waals surface area (Å²) in [6, 6.07) is 12.3. The van der Waals surface area contributed by atoms with E-state index in [2.05, 4.69) is 10.2 Å². The van der Waals surface area contributed by atoms with E-state index < -0.39 is 5.60 Å². The van der Waals surface area contributed by atoms with E-state index in [0.717, 1.165) is 56.8 Å². The number of ether oxygens (including phenoxy) is 3. The molecule has 2 fully saturated rings. The fourth-order valence-corrected chi connectivity index (χ4v) is 4.62. The molecule has 178 valence electrons. The van der Waals surface area contributed by atoms with Gasteiger partial charge in [-0.05, 0) is 55.1 Å². The third kappa shape index (κ3) is 5.91. The van der Waals surface area contributed by atoms with Gasteiger partial charge in [0.2, 0.25) is 0 Å². The summed E-state index contributed by atoms with van der Waals surface area (Å²) in [5.41, 5.74) is 1.76. The lowest BCUT2D eigenvalue weighted by molar-refractivity contribution is -0.141. The van der Waals surface area contributed by atoms with Gasteiger partial charge in [-0.3, -0.25) is 9.69 Å².